The maximum absolute atomic E-state index is 13.0. The van der Waals surface area contributed by atoms with Crippen molar-refractivity contribution in [1.82, 2.24) is 15.4 Å². The minimum atomic E-state index is -0.321. The Labute approximate surface area is 158 Å². The van der Waals surface area contributed by atoms with Gasteiger partial charge in [0.25, 0.3) is 5.91 Å². The molecule has 4 rings (SSSR count). The molecule has 2 heterocycles. The molecule has 0 saturated carbocycles. The summed E-state index contributed by atoms with van der Waals surface area (Å²) in [6.07, 6.45) is 3.04. The van der Waals surface area contributed by atoms with E-state index in [9.17, 15) is 9.18 Å². The second kappa shape index (κ2) is 7.43. The monoisotopic (exact) mass is 376 g/mol. The van der Waals surface area contributed by atoms with Crippen LogP contribution in [0, 0.1) is 5.82 Å². The second-order valence-electron chi connectivity index (χ2n) is 5.65. The lowest BCUT2D eigenvalue weighted by molar-refractivity contribution is 0.0959. The molecule has 0 radical (unpaired) electrons. The van der Waals surface area contributed by atoms with Crippen LogP contribution in [-0.4, -0.2) is 22.1 Å². The van der Waals surface area contributed by atoms with Crippen LogP contribution in [0.15, 0.2) is 72.0 Å². The summed E-state index contributed by atoms with van der Waals surface area (Å²) in [5.74, 6) is -0.613. The Hall–Kier alpha value is -3.45. The number of fused-ring (bicyclic) bond motifs is 1. The maximum atomic E-state index is 13.0. The van der Waals surface area contributed by atoms with Crippen LogP contribution in [0.5, 0.6) is 0 Å². The third-order valence-corrected chi connectivity index (χ3v) is 4.92. The number of aromatic nitrogens is 2. The number of hydrogen-bond acceptors (Lipinski definition) is 5. The molecular weight excluding hydrogens is 363 g/mol. The van der Waals surface area contributed by atoms with Crippen molar-refractivity contribution < 1.29 is 9.18 Å². The fraction of sp³-hybridized carbons (Fsp3) is 0. The molecule has 0 fully saturated rings. The molecule has 0 aliphatic rings. The van der Waals surface area contributed by atoms with E-state index in [0.717, 1.165) is 21.5 Å². The second-order valence-corrected chi connectivity index (χ2v) is 6.74. The van der Waals surface area contributed by atoms with Crippen LogP contribution >= 0.6 is 11.3 Å². The van der Waals surface area contributed by atoms with Crippen molar-refractivity contribution in [2.75, 3.05) is 0 Å². The van der Waals surface area contributed by atoms with E-state index in [-0.39, 0.29) is 11.7 Å². The highest BCUT2D eigenvalue weighted by atomic mass is 32.1. The number of halogens is 1. The van der Waals surface area contributed by atoms with Crippen LogP contribution < -0.4 is 5.43 Å². The van der Waals surface area contributed by atoms with Crippen LogP contribution in [0.25, 0.3) is 21.5 Å². The third kappa shape index (κ3) is 3.88. The van der Waals surface area contributed by atoms with Gasteiger partial charge in [0.1, 0.15) is 11.5 Å². The number of nitrogens with zero attached hydrogens (tertiary/aromatic N) is 3. The van der Waals surface area contributed by atoms with Gasteiger partial charge in [-0.1, -0.05) is 24.3 Å². The molecule has 1 N–H and O–H groups in total. The van der Waals surface area contributed by atoms with Crippen molar-refractivity contribution in [1.29, 1.82) is 0 Å². The molecule has 0 atom stereocenters. The van der Waals surface area contributed by atoms with Gasteiger partial charge in [-0.15, -0.1) is 11.3 Å². The Kier molecular flexibility index (Phi) is 4.67. The highest BCUT2D eigenvalue weighted by Crippen LogP contribution is 2.28. The normalized spacial score (nSPS) is 11.1. The summed E-state index contributed by atoms with van der Waals surface area (Å²) in [5, 5.41) is 3.95. The lowest BCUT2D eigenvalue weighted by Crippen LogP contribution is -2.16. The SMILES string of the molecule is O=C(N/N=C\c1cnc2ccccc2n1)c1ccc(-c2ccc(F)cc2)s1. The first kappa shape index (κ1) is 17.0. The molecular formula is C20H13FN4OS. The highest BCUT2D eigenvalue weighted by Gasteiger charge is 2.09. The van der Waals surface area contributed by atoms with E-state index in [1.807, 2.05) is 30.3 Å². The van der Waals surface area contributed by atoms with Crippen LogP contribution in [0.2, 0.25) is 0 Å². The lowest BCUT2D eigenvalue weighted by Gasteiger charge is -1.98. The number of nitrogens with one attached hydrogen (secondary N) is 1. The predicted octanol–water partition coefficient (Wildman–Crippen LogP) is 4.26. The van der Waals surface area contributed by atoms with Crippen LogP contribution in [-0.2, 0) is 0 Å². The smallest absolute Gasteiger partial charge is 0.266 e. The summed E-state index contributed by atoms with van der Waals surface area (Å²) in [7, 11) is 0. The zero-order valence-corrected chi connectivity index (χ0v) is 14.8. The average molecular weight is 376 g/mol. The summed E-state index contributed by atoms with van der Waals surface area (Å²) < 4.78 is 13.0. The summed E-state index contributed by atoms with van der Waals surface area (Å²) in [6.45, 7) is 0. The van der Waals surface area contributed by atoms with Gasteiger partial charge in [-0.25, -0.2) is 14.8 Å². The fourth-order valence-electron chi connectivity index (χ4n) is 2.48. The zero-order chi connectivity index (χ0) is 18.6. The van der Waals surface area contributed by atoms with Gasteiger partial charge >= 0.3 is 0 Å². The Morgan fingerprint density at radius 1 is 1.04 bits per heavy atom. The standard InChI is InChI=1S/C20H13FN4OS/c21-14-7-5-13(6-8-14)18-9-10-19(27-18)20(26)25-23-12-15-11-22-16-3-1-2-4-17(16)24-15/h1-12H,(H,25,26)/b23-12-. The number of benzene rings is 2. The number of amides is 1. The van der Waals surface area contributed by atoms with Gasteiger partial charge in [0.05, 0.1) is 28.3 Å². The predicted molar refractivity (Wildman–Crippen MR) is 104 cm³/mol. The van der Waals surface area contributed by atoms with Gasteiger partial charge in [0.2, 0.25) is 0 Å². The molecule has 7 heteroatoms. The van der Waals surface area contributed by atoms with E-state index >= 15 is 0 Å². The molecule has 27 heavy (non-hydrogen) atoms. The maximum Gasteiger partial charge on any atom is 0.281 e. The van der Waals surface area contributed by atoms with Crippen LogP contribution in [0.3, 0.4) is 0 Å². The fourth-order valence-corrected chi connectivity index (χ4v) is 3.38. The average Bonchev–Trinajstić information content (AvgIpc) is 3.19. The first-order valence-electron chi connectivity index (χ1n) is 8.10. The van der Waals surface area contributed by atoms with E-state index in [2.05, 4.69) is 20.5 Å². The Morgan fingerprint density at radius 3 is 2.63 bits per heavy atom. The van der Waals surface area contributed by atoms with Gasteiger partial charge in [0, 0.05) is 4.88 Å². The minimum Gasteiger partial charge on any atom is -0.266 e. The summed E-state index contributed by atoms with van der Waals surface area (Å²) in [4.78, 5) is 22.3. The van der Waals surface area contributed by atoms with E-state index in [1.54, 1.807) is 24.4 Å². The summed E-state index contributed by atoms with van der Waals surface area (Å²) in [5.41, 5.74) is 5.44. The molecule has 0 unspecified atom stereocenters. The van der Waals surface area contributed by atoms with Crippen LogP contribution in [0.1, 0.15) is 15.4 Å². The molecule has 0 bridgehead atoms. The number of thiophene rings is 1. The summed E-state index contributed by atoms with van der Waals surface area (Å²) in [6, 6.07) is 17.2. The van der Waals surface area contributed by atoms with Crippen molar-refractivity contribution in [3.8, 4) is 10.4 Å². The molecule has 0 aliphatic carbocycles. The van der Waals surface area contributed by atoms with E-state index in [4.69, 9.17) is 0 Å². The largest absolute Gasteiger partial charge is 0.281 e. The first-order valence-corrected chi connectivity index (χ1v) is 8.92. The highest BCUT2D eigenvalue weighted by molar-refractivity contribution is 7.17. The molecule has 0 aliphatic heterocycles. The third-order valence-electron chi connectivity index (χ3n) is 3.79. The molecule has 1 amide bonds. The molecule has 0 spiro atoms. The van der Waals surface area contributed by atoms with Crippen molar-refractivity contribution in [3.05, 3.63) is 83.2 Å². The van der Waals surface area contributed by atoms with Gasteiger partial charge < -0.3 is 0 Å². The Morgan fingerprint density at radius 2 is 1.81 bits per heavy atom. The Bertz CT molecular complexity index is 1140. The van der Waals surface area contributed by atoms with Gasteiger partial charge in [-0.2, -0.15) is 5.10 Å². The number of carbonyl (C=O) groups is 1. The Balaban J connectivity index is 1.44. The number of hydrogen-bond donors (Lipinski definition) is 1. The topological polar surface area (TPSA) is 67.2 Å². The number of para-hydroxylation sites is 2. The van der Waals surface area contributed by atoms with Gasteiger partial charge in [0.15, 0.2) is 0 Å². The van der Waals surface area contributed by atoms with Gasteiger partial charge in [-0.3, -0.25) is 9.78 Å². The van der Waals surface area contributed by atoms with Crippen molar-refractivity contribution in [3.63, 3.8) is 0 Å². The van der Waals surface area contributed by atoms with Crippen molar-refractivity contribution >= 4 is 34.5 Å². The number of carbonyl (C=O) groups excluding carboxylic acids is 1. The summed E-state index contributed by atoms with van der Waals surface area (Å²) >= 11 is 1.31. The molecule has 0 saturated heterocycles. The van der Waals surface area contributed by atoms with Crippen molar-refractivity contribution in [2.24, 2.45) is 5.10 Å². The molecule has 132 valence electrons. The van der Waals surface area contributed by atoms with E-state index < -0.39 is 0 Å². The molecule has 4 aromatic rings. The lowest BCUT2D eigenvalue weighted by atomic mass is 10.2. The van der Waals surface area contributed by atoms with Crippen LogP contribution in [0.4, 0.5) is 4.39 Å². The molecule has 2 aromatic heterocycles. The number of hydrazone groups is 1. The first-order chi connectivity index (χ1) is 13.2. The van der Waals surface area contributed by atoms with E-state index in [0.29, 0.717) is 10.6 Å². The number of rotatable bonds is 4. The minimum absolute atomic E-state index is 0.292. The van der Waals surface area contributed by atoms with Gasteiger partial charge in [-0.05, 0) is 42.0 Å². The van der Waals surface area contributed by atoms with E-state index in [1.165, 1.54) is 29.7 Å². The van der Waals surface area contributed by atoms with Crippen molar-refractivity contribution in [2.45, 2.75) is 0 Å². The zero-order valence-electron chi connectivity index (χ0n) is 14.0. The molecule has 2 aromatic carbocycles. The quantitative estimate of drug-likeness (QED) is 0.427. The molecule has 5 nitrogen and oxygen atoms in total.